The number of ketones is 1. The number of esters is 1. The molecule has 1 aliphatic heterocycles. The molecule has 5 heteroatoms. The minimum atomic E-state index is -0.241. The molecule has 1 heterocycles. The first-order valence-electron chi connectivity index (χ1n) is 8.56. The normalized spacial score (nSPS) is 17.4. The van der Waals surface area contributed by atoms with Gasteiger partial charge >= 0.3 is 5.97 Å². The minimum Gasteiger partial charge on any atom is -0.466 e. The lowest BCUT2D eigenvalue weighted by Crippen LogP contribution is -2.42. The van der Waals surface area contributed by atoms with Crippen LogP contribution in [0.5, 0.6) is 0 Å². The van der Waals surface area contributed by atoms with Crippen LogP contribution in [-0.2, 0) is 14.3 Å². The molecule has 0 aromatic heterocycles. The maximum atomic E-state index is 12.4. The highest BCUT2D eigenvalue weighted by molar-refractivity contribution is 5.99. The van der Waals surface area contributed by atoms with Crippen molar-refractivity contribution < 1.29 is 19.1 Å². The van der Waals surface area contributed by atoms with E-state index in [0.29, 0.717) is 25.3 Å². The molecule has 2 rings (SSSR count). The molecule has 5 nitrogen and oxygen atoms in total. The van der Waals surface area contributed by atoms with Gasteiger partial charge in [-0.15, -0.1) is 0 Å². The van der Waals surface area contributed by atoms with Crippen molar-refractivity contribution in [3.8, 4) is 0 Å². The lowest BCUT2D eigenvalue weighted by atomic mass is 9.97. The van der Waals surface area contributed by atoms with Crippen LogP contribution in [0.4, 0.5) is 0 Å². The third-order valence-corrected chi connectivity index (χ3v) is 4.41. The molecule has 1 aliphatic rings. The van der Waals surface area contributed by atoms with Crippen LogP contribution in [0.25, 0.3) is 0 Å². The summed E-state index contributed by atoms with van der Waals surface area (Å²) in [5.41, 5.74) is 1.60. The van der Waals surface area contributed by atoms with Gasteiger partial charge in [-0.25, -0.2) is 0 Å². The smallest absolute Gasteiger partial charge is 0.310 e. The van der Waals surface area contributed by atoms with Crippen LogP contribution in [0.15, 0.2) is 24.3 Å². The SMILES string of the molecule is CCOC(=O)C1CCCN(C(=O)CCC(=O)c2ccccc2C)C1. The lowest BCUT2D eigenvalue weighted by Gasteiger charge is -2.31. The van der Waals surface area contributed by atoms with Gasteiger partial charge in [0.1, 0.15) is 0 Å². The number of rotatable bonds is 6. The number of carbonyl (C=O) groups is 3. The van der Waals surface area contributed by atoms with E-state index in [2.05, 4.69) is 0 Å². The Morgan fingerprint density at radius 3 is 2.67 bits per heavy atom. The first-order valence-corrected chi connectivity index (χ1v) is 8.56. The Balaban J connectivity index is 1.87. The van der Waals surface area contributed by atoms with Gasteiger partial charge in [0, 0.05) is 31.5 Å². The first kappa shape index (κ1) is 18.2. The molecule has 0 radical (unpaired) electrons. The Kier molecular flexibility index (Phi) is 6.53. The molecular formula is C19H25NO4. The summed E-state index contributed by atoms with van der Waals surface area (Å²) in [6.45, 7) is 5.07. The van der Waals surface area contributed by atoms with Crippen LogP contribution in [0, 0.1) is 12.8 Å². The van der Waals surface area contributed by atoms with Crippen molar-refractivity contribution in [1.82, 2.24) is 4.90 Å². The number of hydrogen-bond donors (Lipinski definition) is 0. The minimum absolute atomic E-state index is 0.0135. The first-order chi connectivity index (χ1) is 11.5. The summed E-state index contributed by atoms with van der Waals surface area (Å²) >= 11 is 0. The molecule has 1 atom stereocenters. The van der Waals surface area contributed by atoms with Gasteiger partial charge in [-0.3, -0.25) is 14.4 Å². The van der Waals surface area contributed by atoms with Gasteiger partial charge in [0.15, 0.2) is 5.78 Å². The zero-order valence-corrected chi connectivity index (χ0v) is 14.4. The van der Waals surface area contributed by atoms with Crippen LogP contribution >= 0.6 is 0 Å². The van der Waals surface area contributed by atoms with E-state index in [-0.39, 0.29) is 36.4 Å². The molecule has 130 valence electrons. The van der Waals surface area contributed by atoms with E-state index in [1.165, 1.54) is 0 Å². The van der Waals surface area contributed by atoms with Gasteiger partial charge in [0.25, 0.3) is 0 Å². The Morgan fingerprint density at radius 2 is 1.96 bits per heavy atom. The number of Topliss-reactive ketones (excluding diaryl/α,β-unsaturated/α-hetero) is 1. The van der Waals surface area contributed by atoms with Gasteiger partial charge in [-0.05, 0) is 32.3 Å². The largest absolute Gasteiger partial charge is 0.466 e. The molecule has 0 bridgehead atoms. The molecule has 0 saturated carbocycles. The number of hydrogen-bond acceptors (Lipinski definition) is 4. The van der Waals surface area contributed by atoms with Crippen molar-refractivity contribution in [2.24, 2.45) is 5.92 Å². The zero-order valence-electron chi connectivity index (χ0n) is 14.4. The van der Waals surface area contributed by atoms with E-state index in [1.807, 2.05) is 25.1 Å². The molecule has 0 spiro atoms. The van der Waals surface area contributed by atoms with E-state index in [0.717, 1.165) is 18.4 Å². The fourth-order valence-corrected chi connectivity index (χ4v) is 3.06. The van der Waals surface area contributed by atoms with Crippen LogP contribution < -0.4 is 0 Å². The Morgan fingerprint density at radius 1 is 1.21 bits per heavy atom. The summed E-state index contributed by atoms with van der Waals surface area (Å²) in [6, 6.07) is 7.40. The van der Waals surface area contributed by atoms with Crippen LogP contribution in [0.1, 0.15) is 48.5 Å². The Hall–Kier alpha value is -2.17. The lowest BCUT2D eigenvalue weighted by molar-refractivity contribution is -0.151. The van der Waals surface area contributed by atoms with Crippen molar-refractivity contribution in [3.05, 3.63) is 35.4 Å². The van der Waals surface area contributed by atoms with Gasteiger partial charge in [0.2, 0.25) is 5.91 Å². The van der Waals surface area contributed by atoms with Gasteiger partial charge in [-0.1, -0.05) is 24.3 Å². The van der Waals surface area contributed by atoms with Gasteiger partial charge in [0.05, 0.1) is 12.5 Å². The van der Waals surface area contributed by atoms with Crippen molar-refractivity contribution >= 4 is 17.7 Å². The zero-order chi connectivity index (χ0) is 17.5. The Bertz CT molecular complexity index is 611. The quantitative estimate of drug-likeness (QED) is 0.594. The summed E-state index contributed by atoms with van der Waals surface area (Å²) in [6.07, 6.45) is 1.93. The fraction of sp³-hybridized carbons (Fsp3) is 0.526. The highest BCUT2D eigenvalue weighted by Gasteiger charge is 2.29. The third-order valence-electron chi connectivity index (χ3n) is 4.41. The molecule has 0 aliphatic carbocycles. The van der Waals surface area contributed by atoms with Crippen molar-refractivity contribution in [3.63, 3.8) is 0 Å². The molecule has 0 N–H and O–H groups in total. The van der Waals surface area contributed by atoms with Gasteiger partial charge < -0.3 is 9.64 Å². The second-order valence-electron chi connectivity index (χ2n) is 6.17. The number of piperidine rings is 1. The van der Waals surface area contributed by atoms with Crippen molar-refractivity contribution in [1.29, 1.82) is 0 Å². The predicted octanol–water partition coefficient (Wildman–Crippen LogP) is 2.76. The van der Waals surface area contributed by atoms with Crippen molar-refractivity contribution in [2.45, 2.75) is 39.5 Å². The average molecular weight is 331 g/mol. The summed E-state index contributed by atoms with van der Waals surface area (Å²) in [5.74, 6) is -0.549. The molecule has 1 saturated heterocycles. The number of aryl methyl sites for hydroxylation is 1. The highest BCUT2D eigenvalue weighted by atomic mass is 16.5. The maximum absolute atomic E-state index is 12.4. The summed E-state index contributed by atoms with van der Waals surface area (Å²) in [4.78, 5) is 38.2. The van der Waals surface area contributed by atoms with Crippen molar-refractivity contribution in [2.75, 3.05) is 19.7 Å². The van der Waals surface area contributed by atoms with Gasteiger partial charge in [-0.2, -0.15) is 0 Å². The average Bonchev–Trinajstić information content (AvgIpc) is 2.60. The summed E-state index contributed by atoms with van der Waals surface area (Å²) in [5, 5.41) is 0. The molecule has 1 aromatic carbocycles. The van der Waals surface area contributed by atoms with E-state index in [1.54, 1.807) is 17.9 Å². The highest BCUT2D eigenvalue weighted by Crippen LogP contribution is 2.19. The summed E-state index contributed by atoms with van der Waals surface area (Å²) in [7, 11) is 0. The second kappa shape index (κ2) is 8.62. The number of amides is 1. The van der Waals surface area contributed by atoms with E-state index < -0.39 is 0 Å². The van der Waals surface area contributed by atoms with E-state index in [4.69, 9.17) is 4.74 Å². The molecule has 1 fully saturated rings. The van der Waals surface area contributed by atoms with Crippen LogP contribution in [-0.4, -0.2) is 42.3 Å². The third kappa shape index (κ3) is 4.66. The number of benzene rings is 1. The molecule has 24 heavy (non-hydrogen) atoms. The van der Waals surface area contributed by atoms with Crippen LogP contribution in [0.3, 0.4) is 0 Å². The topological polar surface area (TPSA) is 63.7 Å². The fourth-order valence-electron chi connectivity index (χ4n) is 3.06. The van der Waals surface area contributed by atoms with E-state index >= 15 is 0 Å². The standard InChI is InChI=1S/C19H25NO4/c1-3-24-19(23)15-8-6-12-20(13-15)18(22)11-10-17(21)16-9-5-4-7-14(16)2/h4-5,7,9,15H,3,6,8,10-13H2,1-2H3. The number of likely N-dealkylation sites (tertiary alicyclic amines) is 1. The maximum Gasteiger partial charge on any atom is 0.310 e. The molecular weight excluding hydrogens is 306 g/mol. The molecule has 1 amide bonds. The monoisotopic (exact) mass is 331 g/mol. The molecule has 1 aromatic rings. The number of ether oxygens (including phenoxy) is 1. The predicted molar refractivity (Wildman–Crippen MR) is 90.7 cm³/mol. The second-order valence-corrected chi connectivity index (χ2v) is 6.17. The number of nitrogens with zero attached hydrogens (tertiary/aromatic N) is 1. The summed E-state index contributed by atoms with van der Waals surface area (Å²) < 4.78 is 5.05. The molecule has 1 unspecified atom stereocenters. The number of carbonyl (C=O) groups excluding carboxylic acids is 3. The van der Waals surface area contributed by atoms with Crippen LogP contribution in [0.2, 0.25) is 0 Å². The van der Waals surface area contributed by atoms with E-state index in [9.17, 15) is 14.4 Å². The Labute approximate surface area is 143 Å².